The molecule has 0 radical (unpaired) electrons. The standard InChI is InChI=1S/C25H24FN5O/c1-32-23-9-8-20(26)15-19(23)17-30-11-13-31(14-12-30)25-21-6-2-3-7-22(21)28-24(29-25)18-5-4-10-27-16-18/h2-10,15-16H,11-14,17H2,1H3. The number of para-hydroxylation sites is 1. The minimum atomic E-state index is -0.241. The lowest BCUT2D eigenvalue weighted by atomic mass is 10.1. The molecule has 7 heteroatoms. The van der Waals surface area contributed by atoms with Crippen molar-refractivity contribution in [3.05, 3.63) is 78.4 Å². The van der Waals surface area contributed by atoms with Gasteiger partial charge in [0.2, 0.25) is 0 Å². The third-order valence-electron chi connectivity index (χ3n) is 5.81. The number of methoxy groups -OCH3 is 1. The topological polar surface area (TPSA) is 54.4 Å². The predicted octanol–water partition coefficient (Wildman–Crippen LogP) is 4.16. The van der Waals surface area contributed by atoms with E-state index in [1.807, 2.05) is 30.3 Å². The number of ether oxygens (including phenoxy) is 1. The van der Waals surface area contributed by atoms with Gasteiger partial charge in [0.1, 0.15) is 17.4 Å². The van der Waals surface area contributed by atoms with Crippen LogP contribution in [0.1, 0.15) is 5.56 Å². The van der Waals surface area contributed by atoms with Crippen molar-refractivity contribution >= 4 is 16.7 Å². The highest BCUT2D eigenvalue weighted by Gasteiger charge is 2.22. The normalized spacial score (nSPS) is 14.6. The van der Waals surface area contributed by atoms with Crippen molar-refractivity contribution in [2.45, 2.75) is 6.54 Å². The van der Waals surface area contributed by atoms with E-state index in [0.29, 0.717) is 12.4 Å². The maximum absolute atomic E-state index is 13.7. The Balaban J connectivity index is 1.39. The molecule has 0 aliphatic carbocycles. The van der Waals surface area contributed by atoms with Crippen LogP contribution in [0.25, 0.3) is 22.3 Å². The second-order valence-electron chi connectivity index (χ2n) is 7.85. The number of nitrogens with zero attached hydrogens (tertiary/aromatic N) is 5. The molecule has 0 spiro atoms. The number of rotatable bonds is 5. The van der Waals surface area contributed by atoms with E-state index in [0.717, 1.165) is 59.8 Å². The van der Waals surface area contributed by atoms with E-state index in [1.165, 1.54) is 6.07 Å². The zero-order valence-electron chi connectivity index (χ0n) is 17.9. The summed E-state index contributed by atoms with van der Waals surface area (Å²) in [4.78, 5) is 18.5. The number of fused-ring (bicyclic) bond motifs is 1. The quantitative estimate of drug-likeness (QED) is 0.475. The molecule has 0 unspecified atom stereocenters. The Bertz CT molecular complexity index is 1230. The molecule has 1 aliphatic rings. The van der Waals surface area contributed by atoms with E-state index < -0.39 is 0 Å². The summed E-state index contributed by atoms with van der Waals surface area (Å²) >= 11 is 0. The number of hydrogen-bond acceptors (Lipinski definition) is 6. The van der Waals surface area contributed by atoms with Crippen LogP contribution in [0.2, 0.25) is 0 Å². The number of hydrogen-bond donors (Lipinski definition) is 0. The minimum Gasteiger partial charge on any atom is -0.496 e. The van der Waals surface area contributed by atoms with Crippen molar-refractivity contribution in [3.63, 3.8) is 0 Å². The van der Waals surface area contributed by atoms with Crippen LogP contribution < -0.4 is 9.64 Å². The molecule has 1 aliphatic heterocycles. The largest absolute Gasteiger partial charge is 0.496 e. The van der Waals surface area contributed by atoms with Crippen molar-refractivity contribution in [1.82, 2.24) is 19.9 Å². The smallest absolute Gasteiger partial charge is 0.163 e. The number of pyridine rings is 1. The lowest BCUT2D eigenvalue weighted by molar-refractivity contribution is 0.245. The Morgan fingerprint density at radius 2 is 1.81 bits per heavy atom. The molecule has 3 heterocycles. The highest BCUT2D eigenvalue weighted by Crippen LogP contribution is 2.29. The predicted molar refractivity (Wildman–Crippen MR) is 123 cm³/mol. The lowest BCUT2D eigenvalue weighted by Gasteiger charge is -2.36. The summed E-state index contributed by atoms with van der Waals surface area (Å²) in [5.74, 6) is 2.10. The third-order valence-corrected chi connectivity index (χ3v) is 5.81. The first-order valence-corrected chi connectivity index (χ1v) is 10.7. The van der Waals surface area contributed by atoms with E-state index in [1.54, 1.807) is 31.6 Å². The maximum Gasteiger partial charge on any atom is 0.163 e. The van der Waals surface area contributed by atoms with Crippen LogP contribution in [0.3, 0.4) is 0 Å². The third kappa shape index (κ3) is 4.11. The molecule has 1 saturated heterocycles. The van der Waals surface area contributed by atoms with E-state index in [4.69, 9.17) is 14.7 Å². The first-order chi connectivity index (χ1) is 15.7. The van der Waals surface area contributed by atoms with Crippen molar-refractivity contribution in [3.8, 4) is 17.1 Å². The summed E-state index contributed by atoms with van der Waals surface area (Å²) in [6.45, 7) is 4.00. The second-order valence-corrected chi connectivity index (χ2v) is 7.85. The van der Waals surface area contributed by atoms with Crippen LogP contribution in [0, 0.1) is 5.82 Å². The van der Waals surface area contributed by atoms with Gasteiger partial charge in [0, 0.05) is 61.6 Å². The molecule has 1 fully saturated rings. The molecule has 0 amide bonds. The molecule has 2 aromatic carbocycles. The minimum absolute atomic E-state index is 0.241. The van der Waals surface area contributed by atoms with E-state index in [-0.39, 0.29) is 5.82 Å². The summed E-state index contributed by atoms with van der Waals surface area (Å²) in [7, 11) is 1.62. The number of aromatic nitrogens is 3. The Morgan fingerprint density at radius 3 is 2.59 bits per heavy atom. The molecular formula is C25H24FN5O. The van der Waals surface area contributed by atoms with Crippen LogP contribution in [-0.4, -0.2) is 53.1 Å². The number of anilines is 1. The first kappa shape index (κ1) is 20.3. The van der Waals surface area contributed by atoms with Gasteiger partial charge in [-0.05, 0) is 42.5 Å². The average Bonchev–Trinajstić information content (AvgIpc) is 2.84. The fraction of sp³-hybridized carbons (Fsp3) is 0.240. The zero-order valence-corrected chi connectivity index (χ0v) is 17.9. The van der Waals surface area contributed by atoms with Gasteiger partial charge in [-0.25, -0.2) is 14.4 Å². The van der Waals surface area contributed by atoms with Crippen molar-refractivity contribution in [1.29, 1.82) is 0 Å². The molecule has 6 nitrogen and oxygen atoms in total. The average molecular weight is 429 g/mol. The van der Waals surface area contributed by atoms with E-state index in [2.05, 4.69) is 20.9 Å². The van der Waals surface area contributed by atoms with Gasteiger partial charge in [0.15, 0.2) is 5.82 Å². The molecule has 0 saturated carbocycles. The van der Waals surface area contributed by atoms with Crippen molar-refractivity contribution in [2.75, 3.05) is 38.2 Å². The SMILES string of the molecule is COc1ccc(F)cc1CN1CCN(c2nc(-c3cccnc3)nc3ccccc23)CC1. The zero-order chi connectivity index (χ0) is 21.9. The van der Waals surface area contributed by atoms with Crippen LogP contribution in [-0.2, 0) is 6.54 Å². The van der Waals surface area contributed by atoms with Crippen LogP contribution in [0.15, 0.2) is 67.0 Å². The Hall–Kier alpha value is -3.58. The Kier molecular flexibility index (Phi) is 5.64. The highest BCUT2D eigenvalue weighted by atomic mass is 19.1. The fourth-order valence-electron chi connectivity index (χ4n) is 4.15. The molecule has 5 rings (SSSR count). The van der Waals surface area contributed by atoms with Gasteiger partial charge >= 0.3 is 0 Å². The van der Waals surface area contributed by atoms with Crippen molar-refractivity contribution in [2.24, 2.45) is 0 Å². The van der Waals surface area contributed by atoms with Crippen LogP contribution >= 0.6 is 0 Å². The van der Waals surface area contributed by atoms with Gasteiger partial charge in [0.25, 0.3) is 0 Å². The van der Waals surface area contributed by atoms with Crippen LogP contribution in [0.4, 0.5) is 10.2 Å². The molecule has 0 atom stereocenters. The molecular weight excluding hydrogens is 405 g/mol. The van der Waals surface area contributed by atoms with E-state index in [9.17, 15) is 4.39 Å². The molecule has 162 valence electrons. The number of piperazine rings is 1. The number of benzene rings is 2. The van der Waals surface area contributed by atoms with Gasteiger partial charge in [0.05, 0.1) is 12.6 Å². The molecule has 0 bridgehead atoms. The number of halogens is 1. The van der Waals surface area contributed by atoms with Gasteiger partial charge in [-0.2, -0.15) is 0 Å². The van der Waals surface area contributed by atoms with Crippen LogP contribution in [0.5, 0.6) is 5.75 Å². The van der Waals surface area contributed by atoms with Gasteiger partial charge < -0.3 is 9.64 Å². The summed E-state index contributed by atoms with van der Waals surface area (Å²) in [6.07, 6.45) is 3.54. The van der Waals surface area contributed by atoms with Gasteiger partial charge in [-0.15, -0.1) is 0 Å². The molecule has 4 aromatic rings. The molecule has 32 heavy (non-hydrogen) atoms. The monoisotopic (exact) mass is 429 g/mol. The van der Waals surface area contributed by atoms with E-state index >= 15 is 0 Å². The van der Waals surface area contributed by atoms with Crippen molar-refractivity contribution < 1.29 is 9.13 Å². The summed E-state index contributed by atoms with van der Waals surface area (Å²) in [5, 5.41) is 1.04. The first-order valence-electron chi connectivity index (χ1n) is 10.7. The fourth-order valence-corrected chi connectivity index (χ4v) is 4.15. The highest BCUT2D eigenvalue weighted by molar-refractivity contribution is 5.91. The summed E-state index contributed by atoms with van der Waals surface area (Å²) in [5.41, 5.74) is 2.69. The lowest BCUT2D eigenvalue weighted by Crippen LogP contribution is -2.46. The Labute approximate surface area is 186 Å². The molecule has 2 aromatic heterocycles. The maximum atomic E-state index is 13.7. The Morgan fingerprint density at radius 1 is 0.969 bits per heavy atom. The second kappa shape index (κ2) is 8.88. The summed E-state index contributed by atoms with van der Waals surface area (Å²) in [6, 6.07) is 16.7. The summed E-state index contributed by atoms with van der Waals surface area (Å²) < 4.78 is 19.2. The van der Waals surface area contributed by atoms with Gasteiger partial charge in [-0.1, -0.05) is 12.1 Å². The van der Waals surface area contributed by atoms with Gasteiger partial charge in [-0.3, -0.25) is 9.88 Å². The molecule has 0 N–H and O–H groups in total.